The Hall–Kier alpha value is -1.27. The van der Waals surface area contributed by atoms with Crippen LogP contribution in [0.4, 0.5) is 13.2 Å². The van der Waals surface area contributed by atoms with Crippen LogP contribution in [0.1, 0.15) is 12.8 Å². The molecule has 1 heterocycles. The molecule has 7 heteroatoms. The van der Waals surface area contributed by atoms with Gasteiger partial charge in [-0.05, 0) is 12.3 Å². The third-order valence-electron chi connectivity index (χ3n) is 2.31. The average molecular weight is 224 g/mol. The Morgan fingerprint density at radius 1 is 1.40 bits per heavy atom. The third kappa shape index (κ3) is 3.10. The van der Waals surface area contributed by atoms with Crippen LogP contribution in [0.2, 0.25) is 0 Å². The van der Waals surface area contributed by atoms with E-state index in [2.05, 4.69) is 0 Å². The van der Waals surface area contributed by atoms with E-state index in [4.69, 9.17) is 5.73 Å². The van der Waals surface area contributed by atoms with Gasteiger partial charge in [-0.3, -0.25) is 9.59 Å². The predicted molar refractivity (Wildman–Crippen MR) is 44.6 cm³/mol. The van der Waals surface area contributed by atoms with Gasteiger partial charge in [0.05, 0.1) is 0 Å². The second-order valence-corrected chi connectivity index (χ2v) is 3.57. The van der Waals surface area contributed by atoms with Crippen molar-refractivity contribution in [2.45, 2.75) is 19.0 Å². The van der Waals surface area contributed by atoms with Gasteiger partial charge in [0.2, 0.25) is 5.91 Å². The van der Waals surface area contributed by atoms with E-state index in [1.165, 1.54) is 0 Å². The standard InChI is InChI=1S/C8H11F3N2O2/c9-8(10,11)7(15)13-2-1-5(4-13)3-6(12)14/h5H,1-4H2,(H2,12,14)/t5-/m1/s1. The Kier molecular flexibility index (Phi) is 3.21. The van der Waals surface area contributed by atoms with Crippen LogP contribution < -0.4 is 5.73 Å². The summed E-state index contributed by atoms with van der Waals surface area (Å²) in [6.45, 7) is -0.00241. The predicted octanol–water partition coefficient (Wildman–Crippen LogP) is 0.273. The zero-order valence-corrected chi connectivity index (χ0v) is 7.88. The van der Waals surface area contributed by atoms with Crippen molar-refractivity contribution in [2.75, 3.05) is 13.1 Å². The van der Waals surface area contributed by atoms with Crippen molar-refractivity contribution in [1.29, 1.82) is 0 Å². The molecule has 2 N–H and O–H groups in total. The third-order valence-corrected chi connectivity index (χ3v) is 2.31. The molecule has 0 aromatic rings. The first-order valence-corrected chi connectivity index (χ1v) is 4.45. The molecule has 0 saturated carbocycles. The number of hydrogen-bond donors (Lipinski definition) is 1. The van der Waals surface area contributed by atoms with Crippen molar-refractivity contribution in [3.63, 3.8) is 0 Å². The molecule has 15 heavy (non-hydrogen) atoms. The highest BCUT2D eigenvalue weighted by atomic mass is 19.4. The molecule has 4 nitrogen and oxygen atoms in total. The highest BCUT2D eigenvalue weighted by molar-refractivity contribution is 5.82. The molecule has 2 amide bonds. The fourth-order valence-electron chi connectivity index (χ4n) is 1.65. The molecule has 1 saturated heterocycles. The van der Waals surface area contributed by atoms with Crippen molar-refractivity contribution in [1.82, 2.24) is 4.90 Å². The lowest BCUT2D eigenvalue weighted by molar-refractivity contribution is -0.184. The first-order valence-electron chi connectivity index (χ1n) is 4.45. The van der Waals surface area contributed by atoms with Gasteiger partial charge in [-0.25, -0.2) is 0 Å². The number of carbonyl (C=O) groups excluding carboxylic acids is 2. The van der Waals surface area contributed by atoms with Crippen LogP contribution in [0.5, 0.6) is 0 Å². The Balaban J connectivity index is 2.50. The van der Waals surface area contributed by atoms with Crippen molar-refractivity contribution >= 4 is 11.8 Å². The molecule has 0 unspecified atom stereocenters. The lowest BCUT2D eigenvalue weighted by Gasteiger charge is -2.17. The Morgan fingerprint density at radius 3 is 2.47 bits per heavy atom. The van der Waals surface area contributed by atoms with Crippen molar-refractivity contribution in [2.24, 2.45) is 11.7 Å². The molecule has 1 rings (SSSR count). The smallest absolute Gasteiger partial charge is 0.370 e. The van der Waals surface area contributed by atoms with Crippen LogP contribution in [-0.4, -0.2) is 36.0 Å². The molecule has 1 aliphatic rings. The molecule has 0 aromatic carbocycles. The zero-order valence-electron chi connectivity index (χ0n) is 7.88. The van der Waals surface area contributed by atoms with Gasteiger partial charge >= 0.3 is 12.1 Å². The fraction of sp³-hybridized carbons (Fsp3) is 0.750. The second kappa shape index (κ2) is 4.08. The van der Waals surface area contributed by atoms with E-state index in [0.29, 0.717) is 11.3 Å². The van der Waals surface area contributed by atoms with Crippen molar-refractivity contribution in [3.05, 3.63) is 0 Å². The highest BCUT2D eigenvalue weighted by Gasteiger charge is 2.44. The first kappa shape index (κ1) is 11.8. The Morgan fingerprint density at radius 2 is 2.00 bits per heavy atom. The molecule has 0 bridgehead atoms. The molecular formula is C8H11F3N2O2. The summed E-state index contributed by atoms with van der Waals surface area (Å²) in [6.07, 6.45) is -4.41. The van der Waals surface area contributed by atoms with E-state index >= 15 is 0 Å². The van der Waals surface area contributed by atoms with Crippen LogP contribution >= 0.6 is 0 Å². The van der Waals surface area contributed by atoms with Crippen LogP contribution in [0.3, 0.4) is 0 Å². The summed E-state index contributed by atoms with van der Waals surface area (Å²) in [5.74, 6) is -2.63. The Bertz CT molecular complexity index is 278. The number of rotatable bonds is 2. The first-order chi connectivity index (χ1) is 6.80. The SMILES string of the molecule is NC(=O)C[C@H]1CCN(C(=O)C(F)(F)F)C1. The topological polar surface area (TPSA) is 63.4 Å². The van der Waals surface area contributed by atoms with E-state index in [-0.39, 0.29) is 25.4 Å². The van der Waals surface area contributed by atoms with E-state index in [9.17, 15) is 22.8 Å². The number of nitrogens with two attached hydrogens (primary N) is 1. The van der Waals surface area contributed by atoms with E-state index in [1.807, 2.05) is 0 Å². The number of nitrogens with zero attached hydrogens (tertiary/aromatic N) is 1. The van der Waals surface area contributed by atoms with Crippen LogP contribution in [0.15, 0.2) is 0 Å². The largest absolute Gasteiger partial charge is 0.471 e. The summed E-state index contributed by atoms with van der Waals surface area (Å²) < 4.78 is 36.0. The summed E-state index contributed by atoms with van der Waals surface area (Å²) in [4.78, 5) is 22.0. The number of halogens is 3. The molecular weight excluding hydrogens is 213 g/mol. The normalized spacial score (nSPS) is 21.8. The van der Waals surface area contributed by atoms with Gasteiger partial charge in [-0.2, -0.15) is 13.2 Å². The zero-order chi connectivity index (χ0) is 11.6. The van der Waals surface area contributed by atoms with Gasteiger partial charge < -0.3 is 10.6 Å². The monoisotopic (exact) mass is 224 g/mol. The molecule has 1 aliphatic heterocycles. The quantitative estimate of drug-likeness (QED) is 0.731. The molecule has 0 spiro atoms. The van der Waals surface area contributed by atoms with Gasteiger partial charge in [-0.1, -0.05) is 0 Å². The number of amides is 2. The van der Waals surface area contributed by atoms with Crippen molar-refractivity contribution in [3.8, 4) is 0 Å². The van der Waals surface area contributed by atoms with E-state index in [1.54, 1.807) is 0 Å². The number of alkyl halides is 3. The summed E-state index contributed by atoms with van der Waals surface area (Å²) in [7, 11) is 0. The Labute approximate surface area is 84.2 Å². The lowest BCUT2D eigenvalue weighted by atomic mass is 10.1. The minimum atomic E-state index is -4.83. The maximum atomic E-state index is 12.0. The molecule has 1 atom stereocenters. The molecule has 1 fully saturated rings. The molecule has 0 radical (unpaired) electrons. The van der Waals surface area contributed by atoms with Gasteiger partial charge in [0, 0.05) is 19.5 Å². The van der Waals surface area contributed by atoms with Crippen LogP contribution in [-0.2, 0) is 9.59 Å². The minimum Gasteiger partial charge on any atom is -0.370 e. The molecule has 0 aliphatic carbocycles. The summed E-state index contributed by atoms with van der Waals surface area (Å²) in [5, 5.41) is 0. The van der Waals surface area contributed by atoms with Crippen LogP contribution in [0.25, 0.3) is 0 Å². The summed E-state index contributed by atoms with van der Waals surface area (Å²) in [5.41, 5.74) is 4.92. The summed E-state index contributed by atoms with van der Waals surface area (Å²) >= 11 is 0. The van der Waals surface area contributed by atoms with Gasteiger partial charge in [0.1, 0.15) is 0 Å². The average Bonchev–Trinajstić information content (AvgIpc) is 2.48. The molecule has 0 aromatic heterocycles. The van der Waals surface area contributed by atoms with Gasteiger partial charge in [-0.15, -0.1) is 0 Å². The van der Waals surface area contributed by atoms with E-state index in [0.717, 1.165) is 0 Å². The number of likely N-dealkylation sites (tertiary alicyclic amines) is 1. The lowest BCUT2D eigenvalue weighted by Crippen LogP contribution is -2.39. The van der Waals surface area contributed by atoms with Gasteiger partial charge in [0.15, 0.2) is 0 Å². The number of carbonyl (C=O) groups is 2. The van der Waals surface area contributed by atoms with E-state index < -0.39 is 18.0 Å². The van der Waals surface area contributed by atoms with Crippen molar-refractivity contribution < 1.29 is 22.8 Å². The second-order valence-electron chi connectivity index (χ2n) is 3.57. The molecule has 86 valence electrons. The number of primary amides is 1. The summed E-state index contributed by atoms with van der Waals surface area (Å²) in [6, 6.07) is 0. The number of hydrogen-bond acceptors (Lipinski definition) is 2. The van der Waals surface area contributed by atoms with Gasteiger partial charge in [0.25, 0.3) is 0 Å². The fourth-order valence-corrected chi connectivity index (χ4v) is 1.65. The maximum absolute atomic E-state index is 12.0. The maximum Gasteiger partial charge on any atom is 0.471 e. The minimum absolute atomic E-state index is 0.0294. The highest BCUT2D eigenvalue weighted by Crippen LogP contribution is 2.25. The van der Waals surface area contributed by atoms with Crippen LogP contribution in [0, 0.1) is 5.92 Å².